The molecule has 210 valence electrons. The van der Waals surface area contributed by atoms with E-state index in [0.717, 1.165) is 4.31 Å². The second kappa shape index (κ2) is 13.7. The second-order valence-corrected chi connectivity index (χ2v) is 11.0. The van der Waals surface area contributed by atoms with Crippen molar-refractivity contribution in [2.45, 2.75) is 55.5 Å². The molecule has 2 amide bonds. The Labute approximate surface area is 226 Å². The summed E-state index contributed by atoms with van der Waals surface area (Å²) < 4.78 is 27.1. The molecule has 0 radical (unpaired) electrons. The summed E-state index contributed by atoms with van der Waals surface area (Å²) in [5.74, 6) is -2.08. The first-order chi connectivity index (χ1) is 18.6. The summed E-state index contributed by atoms with van der Waals surface area (Å²) in [6, 6.07) is 7.21. The van der Waals surface area contributed by atoms with Gasteiger partial charge in [-0.25, -0.2) is 13.2 Å². The van der Waals surface area contributed by atoms with E-state index in [1.165, 1.54) is 24.5 Å². The highest BCUT2D eigenvalue weighted by Crippen LogP contribution is 2.26. The normalized spacial score (nSPS) is 16.3. The Morgan fingerprint density at radius 1 is 1.15 bits per heavy atom. The lowest BCUT2D eigenvalue weighted by atomic mass is 10.0. The third-order valence-corrected chi connectivity index (χ3v) is 8.04. The number of amides is 2. The maximum absolute atomic E-state index is 13.0. The Hall–Kier alpha value is -4.04. The number of carbonyl (C=O) groups excluding carboxylic acids is 2. The number of benzene rings is 1. The number of aliphatic carboxylic acids is 1. The van der Waals surface area contributed by atoms with Gasteiger partial charge in [-0.2, -0.15) is 4.31 Å². The van der Waals surface area contributed by atoms with Gasteiger partial charge < -0.3 is 27.2 Å². The van der Waals surface area contributed by atoms with Gasteiger partial charge >= 0.3 is 5.97 Å². The average Bonchev–Trinajstić information content (AvgIpc) is 3.41. The van der Waals surface area contributed by atoms with Crippen LogP contribution in [0.5, 0.6) is 0 Å². The smallest absolute Gasteiger partial charge is 0.326 e. The SMILES string of the molecule is NC(N)=NCCCCC(=O)Nc1ccc(C[C@H](NC(=O)[C@@H]2CCCN2S(=O)(=O)c2cccnc2)C(=O)O)cc1. The van der Waals surface area contributed by atoms with Crippen molar-refractivity contribution in [1.29, 1.82) is 0 Å². The predicted molar refractivity (Wildman–Crippen MR) is 144 cm³/mol. The Morgan fingerprint density at radius 2 is 1.90 bits per heavy atom. The number of carbonyl (C=O) groups is 3. The maximum atomic E-state index is 13.0. The minimum Gasteiger partial charge on any atom is -0.480 e. The van der Waals surface area contributed by atoms with Gasteiger partial charge in [0.2, 0.25) is 21.8 Å². The second-order valence-electron chi connectivity index (χ2n) is 9.07. The van der Waals surface area contributed by atoms with Crippen molar-refractivity contribution in [2.24, 2.45) is 16.5 Å². The molecule has 1 aliphatic heterocycles. The molecule has 14 heteroatoms. The first-order valence-electron chi connectivity index (χ1n) is 12.5. The van der Waals surface area contributed by atoms with Gasteiger partial charge in [0.05, 0.1) is 0 Å². The van der Waals surface area contributed by atoms with Crippen LogP contribution in [0.25, 0.3) is 0 Å². The standard InChI is InChI=1S/C25H33N7O6S/c26-25(27)29-13-2-1-7-22(33)30-18-10-8-17(9-11-18)15-20(24(35)36)31-23(34)21-6-4-14-32(21)39(37,38)19-5-3-12-28-16-19/h3,5,8-12,16,20-21H,1-2,4,6-7,13-15H2,(H,30,33)(H,31,34)(H,35,36)(H4,26,27,29)/t20-,21-/m0/s1. The van der Waals surface area contributed by atoms with Crippen molar-refractivity contribution in [3.8, 4) is 0 Å². The fraction of sp³-hybridized carbons (Fsp3) is 0.400. The van der Waals surface area contributed by atoms with Crippen molar-refractivity contribution in [2.75, 3.05) is 18.4 Å². The molecule has 1 aliphatic rings. The van der Waals surface area contributed by atoms with Crippen molar-refractivity contribution in [3.05, 3.63) is 54.4 Å². The van der Waals surface area contributed by atoms with Crippen LogP contribution in [0.4, 0.5) is 5.69 Å². The van der Waals surface area contributed by atoms with Crippen molar-refractivity contribution >= 4 is 39.5 Å². The number of carboxylic acid groups (broad SMARTS) is 1. The molecular weight excluding hydrogens is 526 g/mol. The zero-order valence-corrected chi connectivity index (χ0v) is 22.1. The lowest BCUT2D eigenvalue weighted by Crippen LogP contribution is -2.51. The van der Waals surface area contributed by atoms with Crippen LogP contribution in [0.3, 0.4) is 0 Å². The number of hydrogen-bond donors (Lipinski definition) is 5. The fourth-order valence-corrected chi connectivity index (χ4v) is 5.80. The van der Waals surface area contributed by atoms with Gasteiger partial charge in [0.1, 0.15) is 17.0 Å². The zero-order valence-electron chi connectivity index (χ0n) is 21.3. The molecule has 2 heterocycles. The highest BCUT2D eigenvalue weighted by Gasteiger charge is 2.40. The van der Waals surface area contributed by atoms with E-state index >= 15 is 0 Å². The van der Waals surface area contributed by atoms with Gasteiger partial charge in [0.25, 0.3) is 0 Å². The lowest BCUT2D eigenvalue weighted by molar-refractivity contribution is -0.142. The molecule has 2 atom stereocenters. The maximum Gasteiger partial charge on any atom is 0.326 e. The molecule has 0 bridgehead atoms. The van der Waals surface area contributed by atoms with Gasteiger partial charge in [-0.3, -0.25) is 19.6 Å². The number of nitrogens with two attached hydrogens (primary N) is 2. The topological polar surface area (TPSA) is 210 Å². The van der Waals surface area contributed by atoms with Gasteiger partial charge in [-0.1, -0.05) is 12.1 Å². The van der Waals surface area contributed by atoms with E-state index in [9.17, 15) is 27.9 Å². The molecule has 13 nitrogen and oxygen atoms in total. The van der Waals surface area contributed by atoms with Crippen LogP contribution in [-0.4, -0.2) is 71.7 Å². The van der Waals surface area contributed by atoms with Gasteiger partial charge in [0.15, 0.2) is 5.96 Å². The highest BCUT2D eigenvalue weighted by atomic mass is 32.2. The molecule has 0 unspecified atom stereocenters. The zero-order chi connectivity index (χ0) is 28.4. The Morgan fingerprint density at radius 3 is 2.54 bits per heavy atom. The number of sulfonamides is 1. The van der Waals surface area contributed by atoms with Crippen LogP contribution >= 0.6 is 0 Å². The molecule has 0 spiro atoms. The van der Waals surface area contributed by atoms with Crippen LogP contribution in [-0.2, 0) is 30.8 Å². The third kappa shape index (κ3) is 8.48. The number of carboxylic acids is 1. The van der Waals surface area contributed by atoms with Crippen LogP contribution in [0.1, 0.15) is 37.7 Å². The van der Waals surface area contributed by atoms with Crippen molar-refractivity contribution in [3.63, 3.8) is 0 Å². The van der Waals surface area contributed by atoms with E-state index in [1.807, 2.05) is 0 Å². The van der Waals surface area contributed by atoms with E-state index in [1.54, 1.807) is 24.3 Å². The summed E-state index contributed by atoms with van der Waals surface area (Å²) in [6.45, 7) is 0.598. The number of anilines is 1. The molecule has 7 N–H and O–H groups in total. The summed E-state index contributed by atoms with van der Waals surface area (Å²) in [7, 11) is -3.96. The number of hydrogen-bond acceptors (Lipinski definition) is 7. The Bertz CT molecular complexity index is 1280. The number of rotatable bonds is 13. The monoisotopic (exact) mass is 559 g/mol. The molecule has 1 aromatic heterocycles. The molecular formula is C25H33N7O6S. The summed E-state index contributed by atoms with van der Waals surface area (Å²) >= 11 is 0. The van der Waals surface area contributed by atoms with Crippen LogP contribution in [0.2, 0.25) is 0 Å². The first kappa shape index (κ1) is 29.5. The van der Waals surface area contributed by atoms with Gasteiger partial charge in [-0.15, -0.1) is 0 Å². The molecule has 1 saturated heterocycles. The number of aliphatic imine (C=N–C) groups is 1. The number of nitrogens with zero attached hydrogens (tertiary/aromatic N) is 3. The number of aromatic nitrogens is 1. The Kier molecular flexibility index (Phi) is 10.3. The number of unbranched alkanes of at least 4 members (excludes halogenated alkanes) is 1. The summed E-state index contributed by atoms with van der Waals surface area (Å²) in [4.78, 5) is 44.7. The van der Waals surface area contributed by atoms with E-state index in [0.29, 0.717) is 43.5 Å². The minimum absolute atomic E-state index is 0.0125. The molecule has 3 rings (SSSR count). The average molecular weight is 560 g/mol. The molecule has 39 heavy (non-hydrogen) atoms. The van der Waals surface area contributed by atoms with Crippen LogP contribution in [0, 0.1) is 0 Å². The van der Waals surface area contributed by atoms with Gasteiger partial charge in [-0.05, 0) is 55.5 Å². The quantitative estimate of drug-likeness (QED) is 0.131. The predicted octanol–water partition coefficient (Wildman–Crippen LogP) is 0.429. The van der Waals surface area contributed by atoms with Crippen LogP contribution in [0.15, 0.2) is 58.7 Å². The van der Waals surface area contributed by atoms with E-state index in [2.05, 4.69) is 20.6 Å². The molecule has 0 saturated carbocycles. The van der Waals surface area contributed by atoms with Crippen molar-refractivity contribution < 1.29 is 27.9 Å². The summed E-state index contributed by atoms with van der Waals surface area (Å²) in [5.41, 5.74) is 11.7. The van der Waals surface area contributed by atoms with E-state index in [-0.39, 0.29) is 36.1 Å². The molecule has 1 aromatic carbocycles. The summed E-state index contributed by atoms with van der Waals surface area (Å²) in [5, 5.41) is 15.0. The third-order valence-electron chi connectivity index (χ3n) is 6.15. The lowest BCUT2D eigenvalue weighted by Gasteiger charge is -2.25. The molecule has 2 aromatic rings. The number of guanidine groups is 1. The van der Waals surface area contributed by atoms with Gasteiger partial charge in [0, 0.05) is 44.0 Å². The largest absolute Gasteiger partial charge is 0.480 e. The number of nitrogens with one attached hydrogen (secondary N) is 2. The van der Waals surface area contributed by atoms with E-state index in [4.69, 9.17) is 11.5 Å². The van der Waals surface area contributed by atoms with Crippen LogP contribution < -0.4 is 22.1 Å². The molecule has 1 fully saturated rings. The number of pyridine rings is 1. The highest BCUT2D eigenvalue weighted by molar-refractivity contribution is 7.89. The minimum atomic E-state index is -3.96. The fourth-order valence-electron chi connectivity index (χ4n) is 4.18. The first-order valence-corrected chi connectivity index (χ1v) is 13.9. The van der Waals surface area contributed by atoms with E-state index < -0.39 is 34.0 Å². The Balaban J connectivity index is 1.56. The summed E-state index contributed by atoms with van der Waals surface area (Å²) in [6.07, 6.45) is 4.96. The molecule has 0 aliphatic carbocycles. The van der Waals surface area contributed by atoms with Crippen molar-refractivity contribution in [1.82, 2.24) is 14.6 Å².